The largest absolute Gasteiger partial charge is 0.314 e. The van der Waals surface area contributed by atoms with Gasteiger partial charge in [-0.25, -0.2) is 0 Å². The van der Waals surface area contributed by atoms with Gasteiger partial charge in [0.05, 0.1) is 0 Å². The number of piperazine rings is 1. The van der Waals surface area contributed by atoms with Crippen LogP contribution in [-0.2, 0) is 12.8 Å². The molecule has 2 nitrogen and oxygen atoms in total. The number of nitrogens with one attached hydrogen (secondary N) is 1. The van der Waals surface area contributed by atoms with Crippen LogP contribution < -0.4 is 5.32 Å². The van der Waals surface area contributed by atoms with Crippen molar-refractivity contribution in [2.45, 2.75) is 58.3 Å². The van der Waals surface area contributed by atoms with Crippen molar-refractivity contribution in [1.29, 1.82) is 0 Å². The van der Waals surface area contributed by atoms with E-state index in [-0.39, 0.29) is 0 Å². The number of hydrogen-bond acceptors (Lipinski definition) is 2. The van der Waals surface area contributed by atoms with Gasteiger partial charge in [-0.2, -0.15) is 0 Å². The Morgan fingerprint density at radius 2 is 1.41 bits per heavy atom. The van der Waals surface area contributed by atoms with Gasteiger partial charge >= 0.3 is 0 Å². The average molecular weight is 303 g/mol. The van der Waals surface area contributed by atoms with Gasteiger partial charge in [-0.05, 0) is 30.4 Å². The summed E-state index contributed by atoms with van der Waals surface area (Å²) in [5, 5.41) is 3.41. The van der Waals surface area contributed by atoms with Crippen LogP contribution in [0.2, 0.25) is 0 Å². The van der Waals surface area contributed by atoms with Crippen molar-refractivity contribution < 1.29 is 0 Å². The fourth-order valence-electron chi connectivity index (χ4n) is 3.20. The van der Waals surface area contributed by atoms with Gasteiger partial charge in [0.1, 0.15) is 0 Å². The molecule has 0 aliphatic carbocycles. The lowest BCUT2D eigenvalue weighted by atomic mass is 10.0. The standard InChI is InChI=1S/C20H34N2/c1-2-3-4-5-6-7-8-19-9-11-20(12-10-19)13-16-22-17-14-21-15-18-22/h9-12,21H,2-8,13-18H2,1H3. The molecule has 1 aromatic carbocycles. The lowest BCUT2D eigenvalue weighted by molar-refractivity contribution is 0.244. The molecule has 0 saturated carbocycles. The quantitative estimate of drug-likeness (QED) is 0.656. The minimum absolute atomic E-state index is 1.15. The van der Waals surface area contributed by atoms with Crippen LogP contribution in [-0.4, -0.2) is 37.6 Å². The summed E-state index contributed by atoms with van der Waals surface area (Å²) in [6.07, 6.45) is 10.8. The summed E-state index contributed by atoms with van der Waals surface area (Å²) in [6, 6.07) is 9.38. The maximum atomic E-state index is 3.41. The van der Waals surface area contributed by atoms with Gasteiger partial charge in [0.15, 0.2) is 0 Å². The lowest BCUT2D eigenvalue weighted by Gasteiger charge is -2.27. The summed E-state index contributed by atoms with van der Waals surface area (Å²) < 4.78 is 0. The van der Waals surface area contributed by atoms with Crippen LogP contribution in [0.3, 0.4) is 0 Å². The molecule has 1 heterocycles. The van der Waals surface area contributed by atoms with Crippen LogP contribution >= 0.6 is 0 Å². The molecule has 1 aliphatic heterocycles. The number of unbranched alkanes of at least 4 members (excludes halogenated alkanes) is 5. The van der Waals surface area contributed by atoms with E-state index in [9.17, 15) is 0 Å². The Hall–Kier alpha value is -0.860. The molecule has 0 radical (unpaired) electrons. The van der Waals surface area contributed by atoms with Gasteiger partial charge in [0.2, 0.25) is 0 Å². The van der Waals surface area contributed by atoms with Crippen molar-refractivity contribution in [1.82, 2.24) is 10.2 Å². The normalized spacial score (nSPS) is 16.0. The Bertz CT molecular complexity index is 379. The second kappa shape index (κ2) is 10.8. The molecule has 1 N–H and O–H groups in total. The van der Waals surface area contributed by atoms with Gasteiger partial charge in [0.25, 0.3) is 0 Å². The van der Waals surface area contributed by atoms with E-state index < -0.39 is 0 Å². The predicted molar refractivity (Wildman–Crippen MR) is 96.5 cm³/mol. The van der Waals surface area contributed by atoms with Crippen LogP contribution in [0.15, 0.2) is 24.3 Å². The molecule has 1 fully saturated rings. The Morgan fingerprint density at radius 3 is 2.09 bits per heavy atom. The highest BCUT2D eigenvalue weighted by Crippen LogP contribution is 2.12. The van der Waals surface area contributed by atoms with E-state index in [1.807, 2.05) is 0 Å². The molecule has 0 bridgehead atoms. The SMILES string of the molecule is CCCCCCCCc1ccc(CCN2CCNCC2)cc1. The van der Waals surface area contributed by atoms with E-state index in [1.165, 1.54) is 82.1 Å². The summed E-state index contributed by atoms with van der Waals surface area (Å²) in [5.41, 5.74) is 3.01. The molecule has 2 rings (SSSR count). The molecular formula is C20H34N2. The highest BCUT2D eigenvalue weighted by molar-refractivity contribution is 5.22. The van der Waals surface area contributed by atoms with Gasteiger partial charge in [-0.1, -0.05) is 63.3 Å². The third-order valence-corrected chi connectivity index (χ3v) is 4.77. The Balaban J connectivity index is 1.60. The maximum Gasteiger partial charge on any atom is 0.0108 e. The highest BCUT2D eigenvalue weighted by Gasteiger charge is 2.08. The number of nitrogens with zero attached hydrogens (tertiary/aromatic N) is 1. The van der Waals surface area contributed by atoms with E-state index >= 15 is 0 Å². The minimum Gasteiger partial charge on any atom is -0.314 e. The molecule has 1 aliphatic rings. The molecule has 1 aromatic rings. The molecule has 0 unspecified atom stereocenters. The molecule has 0 atom stereocenters. The third kappa shape index (κ3) is 6.93. The summed E-state index contributed by atoms with van der Waals surface area (Å²) in [5.74, 6) is 0. The van der Waals surface area contributed by atoms with Crippen molar-refractivity contribution in [2.24, 2.45) is 0 Å². The van der Waals surface area contributed by atoms with Gasteiger partial charge < -0.3 is 10.2 Å². The van der Waals surface area contributed by atoms with Crippen molar-refractivity contribution >= 4 is 0 Å². The predicted octanol–water partition coefficient (Wildman–Crippen LogP) is 4.04. The lowest BCUT2D eigenvalue weighted by Crippen LogP contribution is -2.44. The second-order valence-electron chi connectivity index (χ2n) is 6.68. The summed E-state index contributed by atoms with van der Waals surface area (Å²) >= 11 is 0. The fourth-order valence-corrected chi connectivity index (χ4v) is 3.20. The summed E-state index contributed by atoms with van der Waals surface area (Å²) in [4.78, 5) is 2.57. The maximum absolute atomic E-state index is 3.41. The van der Waals surface area contributed by atoms with Gasteiger partial charge in [0, 0.05) is 32.7 Å². The molecule has 0 aromatic heterocycles. The van der Waals surface area contributed by atoms with E-state index in [0.29, 0.717) is 0 Å². The molecule has 1 saturated heterocycles. The zero-order valence-corrected chi connectivity index (χ0v) is 14.4. The highest BCUT2D eigenvalue weighted by atomic mass is 15.2. The smallest absolute Gasteiger partial charge is 0.0108 e. The first-order valence-electron chi connectivity index (χ1n) is 9.39. The van der Waals surface area contributed by atoms with E-state index in [2.05, 4.69) is 41.4 Å². The first kappa shape index (κ1) is 17.5. The van der Waals surface area contributed by atoms with E-state index in [1.54, 1.807) is 0 Å². The molecule has 124 valence electrons. The van der Waals surface area contributed by atoms with Crippen LogP contribution in [0.25, 0.3) is 0 Å². The van der Waals surface area contributed by atoms with Crippen molar-refractivity contribution in [3.05, 3.63) is 35.4 Å². The molecular weight excluding hydrogens is 268 g/mol. The first-order valence-corrected chi connectivity index (χ1v) is 9.39. The zero-order valence-electron chi connectivity index (χ0n) is 14.4. The van der Waals surface area contributed by atoms with E-state index in [4.69, 9.17) is 0 Å². The monoisotopic (exact) mass is 302 g/mol. The summed E-state index contributed by atoms with van der Waals surface area (Å²) in [7, 11) is 0. The van der Waals surface area contributed by atoms with Crippen LogP contribution in [0.5, 0.6) is 0 Å². The van der Waals surface area contributed by atoms with Crippen molar-refractivity contribution in [3.63, 3.8) is 0 Å². The Labute approximate surface area is 137 Å². The number of benzene rings is 1. The van der Waals surface area contributed by atoms with Gasteiger partial charge in [-0.3, -0.25) is 0 Å². The number of hydrogen-bond donors (Lipinski definition) is 1. The van der Waals surface area contributed by atoms with Crippen LogP contribution in [0, 0.1) is 0 Å². The van der Waals surface area contributed by atoms with Crippen molar-refractivity contribution in [2.75, 3.05) is 32.7 Å². The third-order valence-electron chi connectivity index (χ3n) is 4.77. The Kier molecular flexibility index (Phi) is 8.59. The average Bonchev–Trinajstić information content (AvgIpc) is 2.58. The molecule has 0 amide bonds. The first-order chi connectivity index (χ1) is 10.9. The summed E-state index contributed by atoms with van der Waals surface area (Å²) in [6.45, 7) is 8.20. The van der Waals surface area contributed by atoms with Crippen LogP contribution in [0.1, 0.15) is 56.6 Å². The van der Waals surface area contributed by atoms with Gasteiger partial charge in [-0.15, -0.1) is 0 Å². The zero-order chi connectivity index (χ0) is 15.5. The van der Waals surface area contributed by atoms with Crippen molar-refractivity contribution in [3.8, 4) is 0 Å². The minimum atomic E-state index is 1.15. The second-order valence-corrected chi connectivity index (χ2v) is 6.68. The van der Waals surface area contributed by atoms with E-state index in [0.717, 1.165) is 13.1 Å². The number of rotatable bonds is 10. The topological polar surface area (TPSA) is 15.3 Å². The Morgan fingerprint density at radius 1 is 0.818 bits per heavy atom. The molecule has 22 heavy (non-hydrogen) atoms. The molecule has 0 spiro atoms. The fraction of sp³-hybridized carbons (Fsp3) is 0.700. The van der Waals surface area contributed by atoms with Crippen LogP contribution in [0.4, 0.5) is 0 Å². The molecule has 2 heteroatoms. The number of aryl methyl sites for hydroxylation is 1.